The van der Waals surface area contributed by atoms with Crippen LogP contribution in [0.1, 0.15) is 12.8 Å². The fraction of sp³-hybridized carbons (Fsp3) is 0.429. The first kappa shape index (κ1) is 5.42. The zero-order valence-electron chi connectivity index (χ0n) is 5.05. The summed E-state index contributed by atoms with van der Waals surface area (Å²) in [6.07, 6.45) is 8.38. The van der Waals surface area contributed by atoms with E-state index in [1.165, 1.54) is 12.0 Å². The molecule has 0 saturated heterocycles. The largest absolute Gasteiger partial charge is 0.504 e. The van der Waals surface area contributed by atoms with E-state index in [0.29, 0.717) is 0 Å². The van der Waals surface area contributed by atoms with Gasteiger partial charge < -0.3 is 4.74 Å². The zero-order chi connectivity index (χ0) is 5.82. The Kier molecular flexibility index (Phi) is 1.73. The van der Waals surface area contributed by atoms with Crippen molar-refractivity contribution in [2.24, 2.45) is 0 Å². The lowest BCUT2D eigenvalue weighted by Crippen LogP contribution is -1.72. The maximum absolute atomic E-state index is 4.81. The molecule has 8 heavy (non-hydrogen) atoms. The topological polar surface area (TPSA) is 9.23 Å². The van der Waals surface area contributed by atoms with Crippen LogP contribution in [0.2, 0.25) is 0 Å². The summed E-state index contributed by atoms with van der Waals surface area (Å²) in [6.45, 7) is 0. The van der Waals surface area contributed by atoms with Crippen molar-refractivity contribution in [2.45, 2.75) is 12.8 Å². The second-order valence-electron chi connectivity index (χ2n) is 1.87. The normalized spacial score (nSPS) is 22.4. The Morgan fingerprint density at radius 1 is 1.75 bits per heavy atom. The van der Waals surface area contributed by atoms with Gasteiger partial charge in [-0.05, 0) is 18.4 Å². The zero-order valence-corrected chi connectivity index (χ0v) is 5.05. The van der Waals surface area contributed by atoms with Crippen LogP contribution in [-0.4, -0.2) is 7.11 Å². The van der Waals surface area contributed by atoms with E-state index in [9.17, 15) is 0 Å². The van der Waals surface area contributed by atoms with E-state index in [1.807, 2.05) is 0 Å². The van der Waals surface area contributed by atoms with Gasteiger partial charge in [0.25, 0.3) is 0 Å². The van der Waals surface area contributed by atoms with Gasteiger partial charge in [-0.1, -0.05) is 12.2 Å². The van der Waals surface area contributed by atoms with Crippen LogP contribution in [0.25, 0.3) is 0 Å². The van der Waals surface area contributed by atoms with Crippen LogP contribution in [0, 0.1) is 0 Å². The lowest BCUT2D eigenvalue weighted by molar-refractivity contribution is 0.334. The summed E-state index contributed by atoms with van der Waals surface area (Å²) in [7, 11) is 1.68. The van der Waals surface area contributed by atoms with Gasteiger partial charge in [-0.15, -0.1) is 0 Å². The molecule has 0 bridgehead atoms. The Morgan fingerprint density at radius 2 is 2.62 bits per heavy atom. The molecule has 0 aromatic rings. The Bertz CT molecular complexity index is 122. The van der Waals surface area contributed by atoms with Crippen LogP contribution >= 0.6 is 0 Å². The molecule has 0 aromatic carbocycles. The molecule has 0 unspecified atom stereocenters. The molecule has 0 spiro atoms. The van der Waals surface area contributed by atoms with E-state index < -0.39 is 0 Å². The first-order valence-corrected chi connectivity index (χ1v) is 2.82. The molecule has 1 rings (SSSR count). The van der Waals surface area contributed by atoms with E-state index in [0.717, 1.165) is 6.42 Å². The molecule has 1 nitrogen and oxygen atoms in total. The van der Waals surface area contributed by atoms with Crippen LogP contribution in [0.5, 0.6) is 0 Å². The van der Waals surface area contributed by atoms with Crippen molar-refractivity contribution in [2.75, 3.05) is 7.11 Å². The second kappa shape index (κ2) is 2.55. The summed E-state index contributed by atoms with van der Waals surface area (Å²) in [6, 6.07) is 0. The third-order valence-corrected chi connectivity index (χ3v) is 1.20. The molecule has 1 aliphatic rings. The molecule has 0 N–H and O–H groups in total. The molecule has 0 atom stereocenters. The van der Waals surface area contributed by atoms with Gasteiger partial charge in [0.1, 0.15) is 0 Å². The highest BCUT2D eigenvalue weighted by molar-refractivity contribution is 5.22. The number of hydrogen-bond donors (Lipinski definition) is 0. The van der Waals surface area contributed by atoms with Crippen molar-refractivity contribution >= 4 is 0 Å². The number of methoxy groups -OCH3 is 1. The molecule has 0 aromatic heterocycles. The minimum Gasteiger partial charge on any atom is -0.504 e. The number of hydrogen-bond acceptors (Lipinski definition) is 1. The van der Waals surface area contributed by atoms with Gasteiger partial charge in [-0.2, -0.15) is 0 Å². The van der Waals surface area contributed by atoms with Crippen molar-refractivity contribution in [1.29, 1.82) is 0 Å². The molecule has 0 amide bonds. The van der Waals surface area contributed by atoms with Gasteiger partial charge in [-0.25, -0.2) is 0 Å². The smallest absolute Gasteiger partial charge is 0.0856 e. The van der Waals surface area contributed by atoms with Crippen molar-refractivity contribution in [1.82, 2.24) is 0 Å². The molecule has 1 heteroatoms. The molecule has 0 heterocycles. The molecular formula is C7H10O. The van der Waals surface area contributed by atoms with Gasteiger partial charge in [0.15, 0.2) is 0 Å². The quantitative estimate of drug-likeness (QED) is 0.468. The predicted molar refractivity (Wildman–Crippen MR) is 33.5 cm³/mol. The van der Waals surface area contributed by atoms with Gasteiger partial charge in [-0.3, -0.25) is 0 Å². The second-order valence-corrected chi connectivity index (χ2v) is 1.87. The summed E-state index contributed by atoms with van der Waals surface area (Å²) in [5.74, 6) is 0. The lowest BCUT2D eigenvalue weighted by Gasteiger charge is -1.89. The van der Waals surface area contributed by atoms with Crippen LogP contribution in [0.4, 0.5) is 0 Å². The lowest BCUT2D eigenvalue weighted by atomic mass is 10.3. The number of rotatable bonds is 1. The summed E-state index contributed by atoms with van der Waals surface area (Å²) >= 11 is 0. The Labute approximate surface area is 49.7 Å². The van der Waals surface area contributed by atoms with Crippen LogP contribution < -0.4 is 0 Å². The average Bonchev–Trinajstić information content (AvgIpc) is 2.19. The number of ether oxygens (including phenoxy) is 1. The molecular weight excluding hydrogens is 100 g/mol. The van der Waals surface area contributed by atoms with Crippen molar-refractivity contribution < 1.29 is 4.74 Å². The Morgan fingerprint density at radius 3 is 3.12 bits per heavy atom. The molecule has 44 valence electrons. The maximum atomic E-state index is 4.81. The first-order valence-electron chi connectivity index (χ1n) is 2.82. The fourth-order valence-electron chi connectivity index (χ4n) is 0.818. The molecule has 0 fully saturated rings. The summed E-state index contributed by atoms with van der Waals surface area (Å²) in [5, 5.41) is 0. The summed E-state index contributed by atoms with van der Waals surface area (Å²) in [5.41, 5.74) is 1.30. The minimum absolute atomic E-state index is 1.15. The Balaban J connectivity index is 2.46. The first-order chi connectivity index (χ1) is 3.93. The third kappa shape index (κ3) is 1.12. The van der Waals surface area contributed by atoms with E-state index in [4.69, 9.17) is 4.74 Å². The maximum Gasteiger partial charge on any atom is 0.0856 e. The van der Waals surface area contributed by atoms with Gasteiger partial charge in [0.2, 0.25) is 0 Å². The average molecular weight is 110 g/mol. The highest BCUT2D eigenvalue weighted by atomic mass is 16.5. The molecule has 0 saturated carbocycles. The number of allylic oxidation sites excluding steroid dienone is 3. The van der Waals surface area contributed by atoms with E-state index in [2.05, 4.69) is 12.2 Å². The van der Waals surface area contributed by atoms with Crippen LogP contribution in [-0.2, 0) is 4.74 Å². The highest BCUT2D eigenvalue weighted by Crippen LogP contribution is 2.14. The van der Waals surface area contributed by atoms with E-state index >= 15 is 0 Å². The minimum atomic E-state index is 1.15. The summed E-state index contributed by atoms with van der Waals surface area (Å²) < 4.78 is 4.81. The molecule has 1 aliphatic carbocycles. The SMILES string of the molecule is COC=C1C=CCC1. The fourth-order valence-corrected chi connectivity index (χ4v) is 0.818. The van der Waals surface area contributed by atoms with Crippen molar-refractivity contribution in [3.63, 3.8) is 0 Å². The molecule has 0 aliphatic heterocycles. The monoisotopic (exact) mass is 110 g/mol. The Hall–Kier alpha value is -0.720. The van der Waals surface area contributed by atoms with Gasteiger partial charge in [0, 0.05) is 0 Å². The third-order valence-electron chi connectivity index (χ3n) is 1.20. The highest BCUT2D eigenvalue weighted by Gasteiger charge is 1.96. The van der Waals surface area contributed by atoms with Crippen LogP contribution in [0.3, 0.4) is 0 Å². The predicted octanol–water partition coefficient (Wildman–Crippen LogP) is 1.87. The van der Waals surface area contributed by atoms with Gasteiger partial charge >= 0.3 is 0 Å². The van der Waals surface area contributed by atoms with Crippen molar-refractivity contribution in [3.05, 3.63) is 24.0 Å². The molecule has 0 radical (unpaired) electrons. The summed E-state index contributed by atoms with van der Waals surface area (Å²) in [4.78, 5) is 0. The van der Waals surface area contributed by atoms with Gasteiger partial charge in [0.05, 0.1) is 13.4 Å². The van der Waals surface area contributed by atoms with Crippen LogP contribution in [0.15, 0.2) is 24.0 Å². The van der Waals surface area contributed by atoms with E-state index in [-0.39, 0.29) is 0 Å². The van der Waals surface area contributed by atoms with Crippen molar-refractivity contribution in [3.8, 4) is 0 Å². The van der Waals surface area contributed by atoms with E-state index in [1.54, 1.807) is 13.4 Å². The standard InChI is InChI=1S/C7H10O/c1-8-6-7-4-2-3-5-7/h2,4,6H,3,5H2,1H3.